The molecule has 0 radical (unpaired) electrons. The normalized spacial score (nSPS) is 10.6. The average Bonchev–Trinajstić information content (AvgIpc) is 2.15. The molecular weight excluding hydrogens is 219 g/mol. The van der Waals surface area contributed by atoms with Crippen LogP contribution in [0.25, 0.3) is 10.9 Å². The van der Waals surface area contributed by atoms with Crippen molar-refractivity contribution in [2.75, 3.05) is 5.73 Å². The van der Waals surface area contributed by atoms with E-state index in [1.54, 1.807) is 0 Å². The number of nitrogens with one attached hydrogen (secondary N) is 1. The molecule has 0 bridgehead atoms. The number of nitrogens with two attached hydrogens (primary N) is 1. The van der Waals surface area contributed by atoms with Crippen molar-refractivity contribution in [3.05, 3.63) is 38.4 Å². The van der Waals surface area contributed by atoms with Gasteiger partial charge in [-0.05, 0) is 6.07 Å². The monoisotopic (exact) mass is 224 g/mol. The highest BCUT2D eigenvalue weighted by molar-refractivity contribution is 5.81. The minimum absolute atomic E-state index is 0.0237. The molecular formula is C8H5FN4O3. The van der Waals surface area contributed by atoms with Gasteiger partial charge in [0.1, 0.15) is 5.39 Å². The predicted octanol–water partition coefficient (Wildman–Crippen LogP) is 0.553. The number of nitrogen functional groups attached to an aromatic ring is 1. The maximum absolute atomic E-state index is 13.6. The highest BCUT2D eigenvalue weighted by atomic mass is 19.1. The van der Waals surface area contributed by atoms with Crippen LogP contribution in [-0.4, -0.2) is 14.9 Å². The molecule has 7 nitrogen and oxygen atoms in total. The highest BCUT2D eigenvalue weighted by Gasteiger charge is 2.19. The Kier molecular flexibility index (Phi) is 2.04. The van der Waals surface area contributed by atoms with Gasteiger partial charge in [-0.2, -0.15) is 4.39 Å². The predicted molar refractivity (Wildman–Crippen MR) is 53.4 cm³/mol. The molecule has 3 N–H and O–H groups in total. The van der Waals surface area contributed by atoms with Crippen molar-refractivity contribution < 1.29 is 9.31 Å². The molecule has 0 saturated heterocycles. The van der Waals surface area contributed by atoms with Gasteiger partial charge in [-0.1, -0.05) is 0 Å². The second-order valence-corrected chi connectivity index (χ2v) is 3.00. The molecule has 0 aliphatic rings. The van der Waals surface area contributed by atoms with Crippen LogP contribution in [0.2, 0.25) is 0 Å². The molecule has 0 aliphatic carbocycles. The van der Waals surface area contributed by atoms with E-state index in [0.717, 1.165) is 6.07 Å². The minimum Gasteiger partial charge on any atom is -0.369 e. The van der Waals surface area contributed by atoms with Crippen molar-refractivity contribution in [3.8, 4) is 0 Å². The summed E-state index contributed by atoms with van der Waals surface area (Å²) >= 11 is 0. The van der Waals surface area contributed by atoms with Crippen LogP contribution in [0, 0.1) is 15.9 Å². The third-order valence-corrected chi connectivity index (χ3v) is 2.01. The number of nitrogens with zero attached hydrogens (tertiary/aromatic N) is 2. The van der Waals surface area contributed by atoms with Gasteiger partial charge in [0, 0.05) is 6.07 Å². The van der Waals surface area contributed by atoms with Crippen molar-refractivity contribution in [2.45, 2.75) is 0 Å². The Morgan fingerprint density at radius 3 is 2.81 bits per heavy atom. The molecule has 8 heteroatoms. The number of nitro benzene ring substituents is 1. The second-order valence-electron chi connectivity index (χ2n) is 3.00. The Balaban J connectivity index is 2.95. The largest absolute Gasteiger partial charge is 0.369 e. The summed E-state index contributed by atoms with van der Waals surface area (Å²) in [4.78, 5) is 26.6. The van der Waals surface area contributed by atoms with Crippen molar-refractivity contribution in [1.82, 2.24) is 9.97 Å². The third-order valence-electron chi connectivity index (χ3n) is 2.01. The second kappa shape index (κ2) is 3.26. The number of aromatic nitrogens is 2. The zero-order valence-electron chi connectivity index (χ0n) is 7.73. The van der Waals surface area contributed by atoms with E-state index in [-0.39, 0.29) is 11.5 Å². The van der Waals surface area contributed by atoms with E-state index >= 15 is 0 Å². The maximum atomic E-state index is 13.6. The van der Waals surface area contributed by atoms with Gasteiger partial charge >= 0.3 is 5.69 Å². The topological polar surface area (TPSA) is 115 Å². The van der Waals surface area contributed by atoms with Gasteiger partial charge in [-0.25, -0.2) is 4.98 Å². The van der Waals surface area contributed by atoms with Gasteiger partial charge in [0.05, 0.1) is 10.4 Å². The van der Waals surface area contributed by atoms with Gasteiger partial charge in [-0.15, -0.1) is 0 Å². The molecule has 0 spiro atoms. The molecule has 1 aromatic heterocycles. The Morgan fingerprint density at radius 2 is 2.19 bits per heavy atom. The first-order valence-corrected chi connectivity index (χ1v) is 4.13. The summed E-state index contributed by atoms with van der Waals surface area (Å²) in [5.74, 6) is -1.39. The van der Waals surface area contributed by atoms with E-state index < -0.39 is 27.4 Å². The number of hydrogen-bond acceptors (Lipinski definition) is 5. The molecule has 1 heterocycles. The van der Waals surface area contributed by atoms with Crippen LogP contribution in [0.5, 0.6) is 0 Å². The summed E-state index contributed by atoms with van der Waals surface area (Å²) < 4.78 is 13.6. The van der Waals surface area contributed by atoms with Crippen LogP contribution in [0.4, 0.5) is 16.0 Å². The number of fused-ring (bicyclic) bond motifs is 1. The number of aromatic amines is 1. The van der Waals surface area contributed by atoms with Crippen LogP contribution in [0.1, 0.15) is 0 Å². The van der Waals surface area contributed by atoms with Crippen molar-refractivity contribution in [3.63, 3.8) is 0 Å². The number of anilines is 1. The molecule has 0 fully saturated rings. The summed E-state index contributed by atoms with van der Waals surface area (Å²) in [5.41, 5.74) is 3.61. The van der Waals surface area contributed by atoms with Crippen molar-refractivity contribution in [1.29, 1.82) is 0 Å². The fourth-order valence-corrected chi connectivity index (χ4v) is 1.34. The summed E-state index contributed by atoms with van der Waals surface area (Å²) in [6.07, 6.45) is 0. The Hall–Kier alpha value is -2.51. The first-order chi connectivity index (χ1) is 7.50. The summed E-state index contributed by atoms with van der Waals surface area (Å²) in [7, 11) is 0. The van der Waals surface area contributed by atoms with Gasteiger partial charge in [-0.3, -0.25) is 19.9 Å². The van der Waals surface area contributed by atoms with Crippen molar-refractivity contribution in [2.24, 2.45) is 0 Å². The Bertz CT molecular complexity index is 652. The number of halogens is 1. The first kappa shape index (κ1) is 10.0. The lowest BCUT2D eigenvalue weighted by Gasteiger charge is -1.99. The lowest BCUT2D eigenvalue weighted by atomic mass is 10.2. The molecule has 2 aromatic rings. The molecule has 16 heavy (non-hydrogen) atoms. The molecule has 0 saturated carbocycles. The highest BCUT2D eigenvalue weighted by Crippen LogP contribution is 2.22. The summed E-state index contributed by atoms with van der Waals surface area (Å²) in [5, 5.41) is 9.98. The van der Waals surface area contributed by atoms with Crippen LogP contribution < -0.4 is 11.3 Å². The summed E-state index contributed by atoms with van der Waals surface area (Å²) in [6, 6.07) is 2.10. The van der Waals surface area contributed by atoms with Gasteiger partial charge < -0.3 is 5.73 Å². The van der Waals surface area contributed by atoms with Gasteiger partial charge in [0.15, 0.2) is 0 Å². The molecule has 0 unspecified atom stereocenters. The lowest BCUT2D eigenvalue weighted by Crippen LogP contribution is -2.13. The molecule has 0 aliphatic heterocycles. The maximum Gasteiger partial charge on any atom is 0.305 e. The quantitative estimate of drug-likeness (QED) is 0.542. The fourth-order valence-electron chi connectivity index (χ4n) is 1.34. The van der Waals surface area contributed by atoms with Crippen LogP contribution >= 0.6 is 0 Å². The fraction of sp³-hybridized carbons (Fsp3) is 0. The standard InChI is InChI=1S/C8H5FN4O3/c9-6-4(13(15)16)2-1-3-5(6)7(14)12-8(10)11-3/h1-2H,(H3,10,11,12,14). The van der Waals surface area contributed by atoms with Gasteiger partial charge in [0.2, 0.25) is 11.8 Å². The molecule has 0 amide bonds. The van der Waals surface area contributed by atoms with E-state index in [4.69, 9.17) is 5.73 Å². The zero-order valence-corrected chi connectivity index (χ0v) is 7.73. The molecule has 82 valence electrons. The minimum atomic E-state index is -1.21. The smallest absolute Gasteiger partial charge is 0.305 e. The number of H-pyrrole nitrogens is 1. The van der Waals surface area contributed by atoms with Gasteiger partial charge in [0.25, 0.3) is 5.56 Å². The SMILES string of the molecule is Nc1nc2ccc([N+](=O)[O-])c(F)c2c(=O)[nH]1. The van der Waals surface area contributed by atoms with Crippen LogP contribution in [-0.2, 0) is 0 Å². The Labute approximate surface area is 86.9 Å². The number of hydrogen-bond donors (Lipinski definition) is 2. The number of nitro groups is 1. The molecule has 1 aromatic carbocycles. The van der Waals surface area contributed by atoms with E-state index in [2.05, 4.69) is 9.97 Å². The van der Waals surface area contributed by atoms with Crippen LogP contribution in [0.15, 0.2) is 16.9 Å². The summed E-state index contributed by atoms with van der Waals surface area (Å²) in [6.45, 7) is 0. The number of benzene rings is 1. The van der Waals surface area contributed by atoms with E-state index in [1.165, 1.54) is 6.07 Å². The number of rotatable bonds is 1. The third kappa shape index (κ3) is 1.36. The Morgan fingerprint density at radius 1 is 1.50 bits per heavy atom. The molecule has 2 rings (SSSR count). The van der Waals surface area contributed by atoms with Crippen molar-refractivity contribution >= 4 is 22.5 Å². The zero-order chi connectivity index (χ0) is 11.9. The first-order valence-electron chi connectivity index (χ1n) is 4.13. The van der Waals surface area contributed by atoms with Crippen LogP contribution in [0.3, 0.4) is 0 Å². The van der Waals surface area contributed by atoms with E-state index in [9.17, 15) is 19.3 Å². The molecule has 0 atom stereocenters. The van der Waals surface area contributed by atoms with E-state index in [1.807, 2.05) is 0 Å². The average molecular weight is 224 g/mol. The lowest BCUT2D eigenvalue weighted by molar-refractivity contribution is -0.387. The van der Waals surface area contributed by atoms with E-state index in [0.29, 0.717) is 0 Å².